The summed E-state index contributed by atoms with van der Waals surface area (Å²) in [6.45, 7) is 8.65. The lowest BCUT2D eigenvalue weighted by molar-refractivity contribution is 0.547. The molecule has 0 aromatic heterocycles. The van der Waals surface area contributed by atoms with Gasteiger partial charge in [0, 0.05) is 16.9 Å². The van der Waals surface area contributed by atoms with E-state index < -0.39 is 0 Å². The van der Waals surface area contributed by atoms with E-state index >= 15 is 0 Å². The van der Waals surface area contributed by atoms with E-state index in [4.69, 9.17) is 5.73 Å². The molecule has 0 aliphatic carbocycles. The summed E-state index contributed by atoms with van der Waals surface area (Å²) in [6, 6.07) is 5.97. The van der Waals surface area contributed by atoms with Gasteiger partial charge in [-0.15, -0.1) is 0 Å². The molecule has 0 saturated heterocycles. The zero-order chi connectivity index (χ0) is 10.8. The van der Waals surface area contributed by atoms with Gasteiger partial charge in [0.2, 0.25) is 0 Å². The summed E-state index contributed by atoms with van der Waals surface area (Å²) in [4.78, 5) is 0. The Bertz CT molecular complexity index is 316. The number of rotatable bonds is 3. The Hall–Kier alpha value is -1.18. The first-order chi connectivity index (χ1) is 6.44. The fourth-order valence-corrected chi connectivity index (χ4v) is 1.23. The third kappa shape index (κ3) is 2.66. The molecule has 14 heavy (non-hydrogen) atoms. The van der Waals surface area contributed by atoms with Gasteiger partial charge in [0.15, 0.2) is 0 Å². The molecule has 0 radical (unpaired) electrons. The quantitative estimate of drug-likeness (QED) is 0.722. The number of nitrogens with two attached hydrogens (primary N) is 1. The normalized spacial score (nSPS) is 11.4. The number of hydrogen-bond acceptors (Lipinski definition) is 2. The van der Waals surface area contributed by atoms with Crippen molar-refractivity contribution in [2.45, 2.75) is 39.7 Å². The molecular weight excluding hydrogens is 172 g/mol. The number of benzene rings is 1. The van der Waals surface area contributed by atoms with Crippen LogP contribution >= 0.6 is 0 Å². The van der Waals surface area contributed by atoms with Gasteiger partial charge in [0.25, 0.3) is 0 Å². The molecule has 0 unspecified atom stereocenters. The van der Waals surface area contributed by atoms with Crippen molar-refractivity contribution in [3.05, 3.63) is 23.8 Å². The van der Waals surface area contributed by atoms with Crippen LogP contribution in [0, 0.1) is 6.92 Å². The third-order valence-electron chi connectivity index (χ3n) is 2.62. The second kappa shape index (κ2) is 3.91. The van der Waals surface area contributed by atoms with E-state index in [1.54, 1.807) is 0 Å². The van der Waals surface area contributed by atoms with Gasteiger partial charge in [-0.1, -0.05) is 13.0 Å². The maximum atomic E-state index is 5.75. The van der Waals surface area contributed by atoms with Crippen molar-refractivity contribution in [2.75, 3.05) is 11.1 Å². The summed E-state index contributed by atoms with van der Waals surface area (Å²) in [5.74, 6) is 0. The summed E-state index contributed by atoms with van der Waals surface area (Å²) in [5.41, 5.74) is 9.05. The van der Waals surface area contributed by atoms with Gasteiger partial charge in [-0.2, -0.15) is 0 Å². The minimum Gasteiger partial charge on any atom is -0.399 e. The second-order valence-corrected chi connectivity index (χ2v) is 4.44. The topological polar surface area (TPSA) is 38.0 Å². The Kier molecular flexibility index (Phi) is 3.04. The smallest absolute Gasteiger partial charge is 0.0394 e. The summed E-state index contributed by atoms with van der Waals surface area (Å²) in [7, 11) is 0. The number of aryl methyl sites for hydroxylation is 1. The van der Waals surface area contributed by atoms with E-state index in [-0.39, 0.29) is 5.54 Å². The first-order valence-electron chi connectivity index (χ1n) is 5.09. The van der Waals surface area contributed by atoms with E-state index in [9.17, 15) is 0 Å². The van der Waals surface area contributed by atoms with E-state index in [1.165, 1.54) is 5.56 Å². The van der Waals surface area contributed by atoms with Crippen molar-refractivity contribution in [1.82, 2.24) is 0 Å². The largest absolute Gasteiger partial charge is 0.399 e. The SMILES string of the molecule is CCC(C)(C)Nc1cc(N)ccc1C. The van der Waals surface area contributed by atoms with Gasteiger partial charge < -0.3 is 11.1 Å². The predicted molar refractivity (Wildman–Crippen MR) is 63.6 cm³/mol. The molecule has 0 spiro atoms. The zero-order valence-electron chi connectivity index (χ0n) is 9.52. The third-order valence-corrected chi connectivity index (χ3v) is 2.62. The molecule has 0 heterocycles. The standard InChI is InChI=1S/C12H20N2/c1-5-12(3,4)14-11-8-10(13)7-6-9(11)2/h6-8,14H,5,13H2,1-4H3. The van der Waals surface area contributed by atoms with Crippen molar-refractivity contribution in [3.63, 3.8) is 0 Å². The van der Waals surface area contributed by atoms with Crippen LogP contribution in [0.5, 0.6) is 0 Å². The van der Waals surface area contributed by atoms with E-state index in [1.807, 2.05) is 18.2 Å². The molecule has 0 fully saturated rings. The van der Waals surface area contributed by atoms with Gasteiger partial charge >= 0.3 is 0 Å². The van der Waals surface area contributed by atoms with E-state index in [0.717, 1.165) is 17.8 Å². The Labute approximate surface area is 86.5 Å². The van der Waals surface area contributed by atoms with Gasteiger partial charge in [-0.3, -0.25) is 0 Å². The second-order valence-electron chi connectivity index (χ2n) is 4.44. The van der Waals surface area contributed by atoms with Gasteiger partial charge in [-0.25, -0.2) is 0 Å². The van der Waals surface area contributed by atoms with Crippen molar-refractivity contribution in [1.29, 1.82) is 0 Å². The molecule has 1 aromatic carbocycles. The van der Waals surface area contributed by atoms with E-state index in [2.05, 4.69) is 33.0 Å². The maximum Gasteiger partial charge on any atom is 0.0394 e. The van der Waals surface area contributed by atoms with Crippen LogP contribution in [0.1, 0.15) is 32.8 Å². The first kappa shape index (κ1) is 10.9. The minimum atomic E-state index is 0.124. The zero-order valence-corrected chi connectivity index (χ0v) is 9.52. The number of hydrogen-bond donors (Lipinski definition) is 2. The van der Waals surface area contributed by atoms with Crippen molar-refractivity contribution >= 4 is 11.4 Å². The van der Waals surface area contributed by atoms with Crippen molar-refractivity contribution < 1.29 is 0 Å². The molecule has 78 valence electrons. The average Bonchev–Trinajstić information content (AvgIpc) is 2.11. The fourth-order valence-electron chi connectivity index (χ4n) is 1.23. The van der Waals surface area contributed by atoms with Gasteiger partial charge in [0.05, 0.1) is 0 Å². The van der Waals surface area contributed by atoms with Gasteiger partial charge in [0.1, 0.15) is 0 Å². The molecule has 1 aromatic rings. The molecule has 0 aliphatic heterocycles. The van der Waals surface area contributed by atoms with Crippen molar-refractivity contribution in [3.8, 4) is 0 Å². The molecule has 2 heteroatoms. The lowest BCUT2D eigenvalue weighted by Gasteiger charge is -2.27. The summed E-state index contributed by atoms with van der Waals surface area (Å²) >= 11 is 0. The lowest BCUT2D eigenvalue weighted by Crippen LogP contribution is -2.30. The van der Waals surface area contributed by atoms with Crippen LogP contribution in [-0.4, -0.2) is 5.54 Å². The lowest BCUT2D eigenvalue weighted by atomic mass is 10.0. The Morgan fingerprint density at radius 1 is 1.36 bits per heavy atom. The maximum absolute atomic E-state index is 5.75. The molecule has 3 N–H and O–H groups in total. The van der Waals surface area contributed by atoms with Crippen molar-refractivity contribution in [2.24, 2.45) is 0 Å². The fraction of sp³-hybridized carbons (Fsp3) is 0.500. The van der Waals surface area contributed by atoms with E-state index in [0.29, 0.717) is 0 Å². The monoisotopic (exact) mass is 192 g/mol. The Morgan fingerprint density at radius 2 is 2.00 bits per heavy atom. The molecule has 0 aliphatic rings. The van der Waals surface area contributed by atoms with Crippen LogP contribution in [0.3, 0.4) is 0 Å². The Morgan fingerprint density at radius 3 is 2.57 bits per heavy atom. The molecule has 0 bridgehead atoms. The summed E-state index contributed by atoms with van der Waals surface area (Å²) < 4.78 is 0. The van der Waals surface area contributed by atoms with Crippen LogP contribution in [0.4, 0.5) is 11.4 Å². The molecule has 0 saturated carbocycles. The summed E-state index contributed by atoms with van der Waals surface area (Å²) in [6.07, 6.45) is 1.08. The summed E-state index contributed by atoms with van der Waals surface area (Å²) in [5, 5.41) is 3.50. The minimum absolute atomic E-state index is 0.124. The average molecular weight is 192 g/mol. The number of nitrogen functional groups attached to an aromatic ring is 1. The van der Waals surface area contributed by atoms with Crippen LogP contribution < -0.4 is 11.1 Å². The highest BCUT2D eigenvalue weighted by atomic mass is 15.0. The number of anilines is 2. The van der Waals surface area contributed by atoms with Crippen LogP contribution in [0.25, 0.3) is 0 Å². The highest BCUT2D eigenvalue weighted by Crippen LogP contribution is 2.23. The predicted octanol–water partition coefficient (Wildman–Crippen LogP) is 3.18. The van der Waals surface area contributed by atoms with Crippen LogP contribution in [-0.2, 0) is 0 Å². The highest BCUT2D eigenvalue weighted by molar-refractivity contribution is 5.60. The first-order valence-corrected chi connectivity index (χ1v) is 5.09. The molecule has 1 rings (SSSR count). The molecular formula is C12H20N2. The van der Waals surface area contributed by atoms with Crippen LogP contribution in [0.2, 0.25) is 0 Å². The number of nitrogens with one attached hydrogen (secondary N) is 1. The molecule has 0 amide bonds. The highest BCUT2D eigenvalue weighted by Gasteiger charge is 2.14. The van der Waals surface area contributed by atoms with Gasteiger partial charge in [-0.05, 0) is 44.9 Å². The van der Waals surface area contributed by atoms with Crippen LogP contribution in [0.15, 0.2) is 18.2 Å². The molecule has 0 atom stereocenters. The Balaban J connectivity index is 2.91. The molecule has 2 nitrogen and oxygen atoms in total.